The number of amides is 2. The zero-order valence-corrected chi connectivity index (χ0v) is 19.6. The van der Waals surface area contributed by atoms with Gasteiger partial charge in [0.05, 0.1) is 12.5 Å². The number of hydrogen-bond donors (Lipinski definition) is 2. The van der Waals surface area contributed by atoms with Crippen LogP contribution in [0.4, 0.5) is 4.79 Å². The summed E-state index contributed by atoms with van der Waals surface area (Å²) in [5.41, 5.74) is 4.91. The number of hydrogen-bond acceptors (Lipinski definition) is 6. The Morgan fingerprint density at radius 3 is 2.34 bits per heavy atom. The Morgan fingerprint density at radius 2 is 1.74 bits per heavy atom. The molecule has 1 aliphatic rings. The van der Waals surface area contributed by atoms with E-state index in [1.54, 1.807) is 6.92 Å². The van der Waals surface area contributed by atoms with E-state index in [-0.39, 0.29) is 36.9 Å². The third kappa shape index (κ3) is 5.03. The van der Waals surface area contributed by atoms with Gasteiger partial charge in [-0.2, -0.15) is 0 Å². The molecule has 3 aromatic rings. The molecule has 182 valence electrons. The Kier molecular flexibility index (Phi) is 7.14. The van der Waals surface area contributed by atoms with Crippen molar-refractivity contribution in [1.82, 2.24) is 15.4 Å². The fourth-order valence-corrected chi connectivity index (χ4v) is 4.30. The largest absolute Gasteiger partial charge is 0.481 e. The molecule has 4 rings (SSSR count). The number of ether oxygens (including phenoxy) is 1. The van der Waals surface area contributed by atoms with Crippen LogP contribution in [0.3, 0.4) is 0 Å². The Bertz CT molecular complexity index is 1190. The minimum Gasteiger partial charge on any atom is -0.481 e. The van der Waals surface area contributed by atoms with Crippen molar-refractivity contribution in [2.24, 2.45) is 5.92 Å². The van der Waals surface area contributed by atoms with Crippen molar-refractivity contribution in [1.29, 1.82) is 0 Å². The fourth-order valence-electron chi connectivity index (χ4n) is 4.30. The summed E-state index contributed by atoms with van der Waals surface area (Å²) in [6, 6.07) is 16.1. The quantitative estimate of drug-likeness (QED) is 0.479. The van der Waals surface area contributed by atoms with Crippen LogP contribution >= 0.6 is 0 Å². The number of nitrogens with zero attached hydrogens (tertiary/aromatic N) is 2. The van der Waals surface area contributed by atoms with Gasteiger partial charge < -0.3 is 24.6 Å². The lowest BCUT2D eigenvalue weighted by atomic mass is 9.98. The molecule has 0 saturated heterocycles. The number of fused-ring (bicyclic) bond motifs is 3. The number of alkyl carbamates (subject to hydrolysis) is 1. The molecular weight excluding hydrogens is 450 g/mol. The molecule has 1 atom stereocenters. The predicted molar refractivity (Wildman–Crippen MR) is 127 cm³/mol. The highest BCUT2D eigenvalue weighted by molar-refractivity contribution is 5.95. The molecule has 1 aliphatic carbocycles. The van der Waals surface area contributed by atoms with Crippen molar-refractivity contribution in [2.75, 3.05) is 19.7 Å². The second kappa shape index (κ2) is 10.4. The highest BCUT2D eigenvalue weighted by atomic mass is 16.5. The second-order valence-corrected chi connectivity index (χ2v) is 8.44. The van der Waals surface area contributed by atoms with Gasteiger partial charge in [0.15, 0.2) is 0 Å². The van der Waals surface area contributed by atoms with Gasteiger partial charge in [0.1, 0.15) is 24.1 Å². The number of carboxylic acid groups (broad SMARTS) is 1. The second-order valence-electron chi connectivity index (χ2n) is 8.44. The van der Waals surface area contributed by atoms with Crippen molar-refractivity contribution in [3.05, 3.63) is 77.2 Å². The molecule has 0 radical (unpaired) electrons. The van der Waals surface area contributed by atoms with E-state index >= 15 is 0 Å². The molecule has 1 unspecified atom stereocenters. The Morgan fingerprint density at radius 1 is 1.11 bits per heavy atom. The van der Waals surface area contributed by atoms with E-state index in [1.165, 1.54) is 18.1 Å². The first-order chi connectivity index (χ1) is 16.9. The average Bonchev–Trinajstić information content (AvgIpc) is 3.46. The van der Waals surface area contributed by atoms with Gasteiger partial charge in [-0.15, -0.1) is 0 Å². The first kappa shape index (κ1) is 24.0. The third-order valence-corrected chi connectivity index (χ3v) is 6.20. The SMILES string of the molecule is CCN(CC(C)C(=O)O)C(=O)c1conc1CNC(=O)OCC1c2ccccc2-c2ccccc21. The highest BCUT2D eigenvalue weighted by Gasteiger charge is 2.29. The van der Waals surface area contributed by atoms with Crippen molar-refractivity contribution in [2.45, 2.75) is 26.3 Å². The Balaban J connectivity index is 1.36. The third-order valence-electron chi connectivity index (χ3n) is 6.20. The van der Waals surface area contributed by atoms with Crippen LogP contribution in [-0.4, -0.2) is 52.8 Å². The molecule has 2 aromatic carbocycles. The Labute approximate surface area is 202 Å². The van der Waals surface area contributed by atoms with E-state index in [1.807, 2.05) is 36.4 Å². The van der Waals surface area contributed by atoms with Crippen LogP contribution in [-0.2, 0) is 16.1 Å². The number of carbonyl (C=O) groups is 3. The molecule has 0 aliphatic heterocycles. The molecule has 2 amide bonds. The minimum absolute atomic E-state index is 0.0507. The van der Waals surface area contributed by atoms with E-state index in [0.717, 1.165) is 22.3 Å². The molecule has 0 saturated carbocycles. The molecule has 9 heteroatoms. The lowest BCUT2D eigenvalue weighted by molar-refractivity contribution is -0.141. The number of rotatable bonds is 9. The first-order valence-electron chi connectivity index (χ1n) is 11.4. The van der Waals surface area contributed by atoms with Crippen molar-refractivity contribution < 1.29 is 28.8 Å². The summed E-state index contributed by atoms with van der Waals surface area (Å²) in [4.78, 5) is 37.9. The number of carbonyl (C=O) groups excluding carboxylic acids is 2. The van der Waals surface area contributed by atoms with E-state index in [9.17, 15) is 14.4 Å². The number of carboxylic acids is 1. The highest BCUT2D eigenvalue weighted by Crippen LogP contribution is 2.44. The maximum atomic E-state index is 12.9. The van der Waals surface area contributed by atoms with Crippen LogP contribution in [0.5, 0.6) is 0 Å². The van der Waals surface area contributed by atoms with Crippen LogP contribution in [0, 0.1) is 5.92 Å². The van der Waals surface area contributed by atoms with E-state index < -0.39 is 23.9 Å². The van der Waals surface area contributed by atoms with Crippen LogP contribution in [0.2, 0.25) is 0 Å². The van der Waals surface area contributed by atoms with Gasteiger partial charge in [0.2, 0.25) is 0 Å². The average molecular weight is 478 g/mol. The molecule has 2 N–H and O–H groups in total. The van der Waals surface area contributed by atoms with E-state index in [0.29, 0.717) is 6.54 Å². The van der Waals surface area contributed by atoms with Crippen molar-refractivity contribution in [3.63, 3.8) is 0 Å². The van der Waals surface area contributed by atoms with Crippen LogP contribution in [0.1, 0.15) is 46.9 Å². The molecule has 0 fully saturated rings. The predicted octanol–water partition coefficient (Wildman–Crippen LogP) is 3.90. The number of aromatic nitrogens is 1. The van der Waals surface area contributed by atoms with Gasteiger partial charge in [0, 0.05) is 19.0 Å². The monoisotopic (exact) mass is 477 g/mol. The van der Waals surface area contributed by atoms with Gasteiger partial charge in [-0.1, -0.05) is 60.6 Å². The van der Waals surface area contributed by atoms with Crippen LogP contribution in [0.25, 0.3) is 11.1 Å². The maximum Gasteiger partial charge on any atom is 0.407 e. The summed E-state index contributed by atoms with van der Waals surface area (Å²) < 4.78 is 10.5. The normalized spacial score (nSPS) is 13.0. The van der Waals surface area contributed by atoms with Crippen molar-refractivity contribution >= 4 is 18.0 Å². The van der Waals surface area contributed by atoms with Crippen molar-refractivity contribution in [3.8, 4) is 11.1 Å². The first-order valence-corrected chi connectivity index (χ1v) is 11.4. The maximum absolute atomic E-state index is 12.9. The zero-order valence-electron chi connectivity index (χ0n) is 19.6. The van der Waals surface area contributed by atoms with Gasteiger partial charge in [-0.05, 0) is 29.2 Å². The van der Waals surface area contributed by atoms with Gasteiger partial charge in [-0.3, -0.25) is 9.59 Å². The topological polar surface area (TPSA) is 122 Å². The van der Waals surface area contributed by atoms with Gasteiger partial charge >= 0.3 is 12.1 Å². The van der Waals surface area contributed by atoms with Gasteiger partial charge in [-0.25, -0.2) is 4.79 Å². The molecule has 9 nitrogen and oxygen atoms in total. The van der Waals surface area contributed by atoms with E-state index in [2.05, 4.69) is 22.6 Å². The molecule has 1 aromatic heterocycles. The van der Waals surface area contributed by atoms with Crippen LogP contribution < -0.4 is 5.32 Å². The molecule has 0 spiro atoms. The van der Waals surface area contributed by atoms with Gasteiger partial charge in [0.25, 0.3) is 5.91 Å². The summed E-state index contributed by atoms with van der Waals surface area (Å²) in [7, 11) is 0. The number of benzene rings is 2. The van der Waals surface area contributed by atoms with Crippen LogP contribution in [0.15, 0.2) is 59.3 Å². The summed E-state index contributed by atoms with van der Waals surface area (Å²) >= 11 is 0. The summed E-state index contributed by atoms with van der Waals surface area (Å²) in [5, 5.41) is 15.6. The molecular formula is C26H27N3O6. The molecule has 35 heavy (non-hydrogen) atoms. The number of nitrogens with one attached hydrogen (secondary N) is 1. The summed E-state index contributed by atoms with van der Waals surface area (Å²) in [5.74, 6) is -2.18. The molecule has 1 heterocycles. The fraction of sp³-hybridized carbons (Fsp3) is 0.308. The summed E-state index contributed by atoms with van der Waals surface area (Å²) in [6.07, 6.45) is 0.561. The number of aliphatic carboxylic acids is 1. The lowest BCUT2D eigenvalue weighted by Crippen LogP contribution is -2.37. The van der Waals surface area contributed by atoms with E-state index in [4.69, 9.17) is 14.4 Å². The minimum atomic E-state index is -0.987. The standard InChI is InChI=1S/C26H27N3O6/c1-3-29(13-16(2)25(31)32)24(30)22-15-35-28-23(22)12-27-26(33)34-14-21-19-10-6-4-8-17(19)18-9-5-7-11-20(18)21/h4-11,15-16,21H,3,12-14H2,1-2H3,(H,27,33)(H,31,32). The lowest BCUT2D eigenvalue weighted by Gasteiger charge is -2.22. The molecule has 0 bridgehead atoms. The smallest absolute Gasteiger partial charge is 0.407 e. The zero-order chi connectivity index (χ0) is 24.9. The Hall–Kier alpha value is -4.14. The summed E-state index contributed by atoms with van der Waals surface area (Å²) in [6.45, 7) is 3.76.